The average molecular weight is 312 g/mol. The van der Waals surface area contributed by atoms with E-state index in [0.717, 1.165) is 23.2 Å². The molecule has 112 valence electrons. The van der Waals surface area contributed by atoms with E-state index in [4.69, 9.17) is 11.6 Å². The number of hydrogen-bond donors (Lipinski definition) is 1. The van der Waals surface area contributed by atoms with Crippen LogP contribution in [0.4, 0.5) is 0 Å². The Morgan fingerprint density at radius 1 is 1.35 bits per heavy atom. The molecule has 1 N–H and O–H groups in total. The molecule has 3 heteroatoms. The second-order valence-corrected chi connectivity index (χ2v) is 7.53. The van der Waals surface area contributed by atoms with Crippen molar-refractivity contribution in [3.8, 4) is 0 Å². The summed E-state index contributed by atoms with van der Waals surface area (Å²) in [5.41, 5.74) is 2.51. The van der Waals surface area contributed by atoms with Gasteiger partial charge >= 0.3 is 0 Å². The number of likely N-dealkylation sites (N-methyl/N-ethyl adjacent to an activating group) is 1. The number of hydrogen-bond acceptors (Lipinski definition) is 2. The second-order valence-electron chi connectivity index (χ2n) is 5.79. The Morgan fingerprint density at radius 3 is 2.75 bits per heavy atom. The molecular formula is C17H26ClNS. The maximum absolute atomic E-state index is 6.37. The van der Waals surface area contributed by atoms with Gasteiger partial charge in [-0.2, -0.15) is 11.8 Å². The first-order chi connectivity index (χ1) is 9.69. The van der Waals surface area contributed by atoms with E-state index in [1.54, 1.807) is 0 Å². The first-order valence-electron chi connectivity index (χ1n) is 7.79. The summed E-state index contributed by atoms with van der Waals surface area (Å²) in [5, 5.41) is 5.43. The van der Waals surface area contributed by atoms with Gasteiger partial charge in [0.15, 0.2) is 0 Å². The summed E-state index contributed by atoms with van der Waals surface area (Å²) in [6, 6.07) is 6.95. The first-order valence-corrected chi connectivity index (χ1v) is 9.21. The topological polar surface area (TPSA) is 12.0 Å². The van der Waals surface area contributed by atoms with Crippen molar-refractivity contribution in [2.45, 2.75) is 57.2 Å². The summed E-state index contributed by atoms with van der Waals surface area (Å²) < 4.78 is 0. The molecule has 0 radical (unpaired) electrons. The molecule has 1 aromatic carbocycles. The summed E-state index contributed by atoms with van der Waals surface area (Å²) in [5.74, 6) is 1.20. The number of benzene rings is 1. The van der Waals surface area contributed by atoms with E-state index in [-0.39, 0.29) is 0 Å². The van der Waals surface area contributed by atoms with Gasteiger partial charge < -0.3 is 5.32 Å². The van der Waals surface area contributed by atoms with Crippen LogP contribution in [-0.4, -0.2) is 23.6 Å². The van der Waals surface area contributed by atoms with E-state index >= 15 is 0 Å². The molecule has 0 heterocycles. The van der Waals surface area contributed by atoms with Gasteiger partial charge in [-0.05, 0) is 49.9 Å². The summed E-state index contributed by atoms with van der Waals surface area (Å²) >= 11 is 8.52. The van der Waals surface area contributed by atoms with Crippen LogP contribution >= 0.6 is 23.4 Å². The van der Waals surface area contributed by atoms with Crippen molar-refractivity contribution in [2.24, 2.45) is 0 Å². The van der Waals surface area contributed by atoms with Gasteiger partial charge in [0.05, 0.1) is 0 Å². The second kappa shape index (κ2) is 8.31. The lowest BCUT2D eigenvalue weighted by molar-refractivity contribution is 0.572. The van der Waals surface area contributed by atoms with Crippen LogP contribution in [0.3, 0.4) is 0 Å². The lowest BCUT2D eigenvalue weighted by Crippen LogP contribution is -2.33. The van der Waals surface area contributed by atoms with E-state index in [1.807, 2.05) is 0 Å². The smallest absolute Gasteiger partial charge is 0.0441 e. The van der Waals surface area contributed by atoms with Crippen molar-refractivity contribution >= 4 is 23.4 Å². The van der Waals surface area contributed by atoms with Gasteiger partial charge in [0.1, 0.15) is 0 Å². The monoisotopic (exact) mass is 311 g/mol. The molecule has 0 aliphatic heterocycles. The summed E-state index contributed by atoms with van der Waals surface area (Å²) in [4.78, 5) is 0. The van der Waals surface area contributed by atoms with E-state index in [9.17, 15) is 0 Å². The highest BCUT2D eigenvalue weighted by atomic mass is 35.5. The minimum Gasteiger partial charge on any atom is -0.313 e. The van der Waals surface area contributed by atoms with Gasteiger partial charge in [0.2, 0.25) is 0 Å². The van der Waals surface area contributed by atoms with E-state index in [1.165, 1.54) is 42.6 Å². The summed E-state index contributed by atoms with van der Waals surface area (Å²) in [7, 11) is 0. The Kier molecular flexibility index (Phi) is 6.73. The fourth-order valence-corrected chi connectivity index (χ4v) is 4.59. The largest absolute Gasteiger partial charge is 0.313 e. The SMILES string of the molecule is CCNC(CSC1CCCC1)Cc1ccc(C)cc1Cl. The lowest BCUT2D eigenvalue weighted by atomic mass is 10.1. The van der Waals surface area contributed by atoms with Crippen LogP contribution in [0.1, 0.15) is 43.7 Å². The van der Waals surface area contributed by atoms with Crippen LogP contribution in [0.25, 0.3) is 0 Å². The van der Waals surface area contributed by atoms with Gasteiger partial charge in [0, 0.05) is 22.1 Å². The zero-order valence-corrected chi connectivity index (χ0v) is 14.2. The number of halogens is 1. The molecule has 1 aliphatic carbocycles. The van der Waals surface area contributed by atoms with Gasteiger partial charge in [-0.15, -0.1) is 0 Å². The highest BCUT2D eigenvalue weighted by Crippen LogP contribution is 2.30. The van der Waals surface area contributed by atoms with E-state index < -0.39 is 0 Å². The highest BCUT2D eigenvalue weighted by Gasteiger charge is 2.18. The number of nitrogens with one attached hydrogen (secondary N) is 1. The van der Waals surface area contributed by atoms with Gasteiger partial charge in [-0.3, -0.25) is 0 Å². The Hall–Kier alpha value is -0.180. The lowest BCUT2D eigenvalue weighted by Gasteiger charge is -2.20. The zero-order valence-electron chi connectivity index (χ0n) is 12.6. The van der Waals surface area contributed by atoms with Crippen molar-refractivity contribution in [1.29, 1.82) is 0 Å². The summed E-state index contributed by atoms with van der Waals surface area (Å²) in [6.45, 7) is 5.30. The molecule has 1 fully saturated rings. The normalized spacial score (nSPS) is 17.6. The Labute approximate surface area is 132 Å². The molecule has 20 heavy (non-hydrogen) atoms. The molecule has 0 aromatic heterocycles. The number of rotatable bonds is 7. The fourth-order valence-electron chi connectivity index (χ4n) is 2.87. The Morgan fingerprint density at radius 2 is 2.10 bits per heavy atom. The molecule has 0 saturated heterocycles. The zero-order chi connectivity index (χ0) is 14.4. The maximum atomic E-state index is 6.37. The molecule has 1 unspecified atom stereocenters. The van der Waals surface area contributed by atoms with Crippen LogP contribution in [0, 0.1) is 6.92 Å². The number of aryl methyl sites for hydroxylation is 1. The molecule has 1 aromatic rings. The van der Waals surface area contributed by atoms with Crippen molar-refractivity contribution in [2.75, 3.05) is 12.3 Å². The van der Waals surface area contributed by atoms with Gasteiger partial charge in [-0.25, -0.2) is 0 Å². The standard InChI is InChI=1S/C17H26ClNS/c1-3-19-15(12-20-16-6-4-5-7-16)11-14-9-8-13(2)10-17(14)18/h8-10,15-16,19H,3-7,11-12H2,1-2H3. The van der Waals surface area contributed by atoms with Crippen molar-refractivity contribution in [3.63, 3.8) is 0 Å². The van der Waals surface area contributed by atoms with E-state index in [2.05, 4.69) is 49.1 Å². The fraction of sp³-hybridized carbons (Fsp3) is 0.647. The average Bonchev–Trinajstić information content (AvgIpc) is 2.92. The minimum atomic E-state index is 0.533. The van der Waals surface area contributed by atoms with Gasteiger partial charge in [-0.1, -0.05) is 43.5 Å². The summed E-state index contributed by atoms with van der Waals surface area (Å²) in [6.07, 6.45) is 6.71. The molecular weight excluding hydrogens is 286 g/mol. The minimum absolute atomic E-state index is 0.533. The van der Waals surface area contributed by atoms with Crippen LogP contribution in [0.15, 0.2) is 18.2 Å². The van der Waals surface area contributed by atoms with Crippen molar-refractivity contribution in [3.05, 3.63) is 34.3 Å². The van der Waals surface area contributed by atoms with Gasteiger partial charge in [0.25, 0.3) is 0 Å². The predicted molar refractivity (Wildman–Crippen MR) is 92.1 cm³/mol. The molecule has 0 amide bonds. The van der Waals surface area contributed by atoms with E-state index in [0.29, 0.717) is 6.04 Å². The third-order valence-corrected chi connectivity index (χ3v) is 5.89. The number of thioether (sulfide) groups is 1. The third kappa shape index (κ3) is 4.98. The molecule has 1 atom stereocenters. The highest BCUT2D eigenvalue weighted by molar-refractivity contribution is 7.99. The molecule has 1 saturated carbocycles. The third-order valence-electron chi connectivity index (χ3n) is 4.00. The molecule has 1 nitrogen and oxygen atoms in total. The van der Waals surface area contributed by atoms with Crippen LogP contribution in [-0.2, 0) is 6.42 Å². The molecule has 0 bridgehead atoms. The Bertz CT molecular complexity index is 415. The predicted octanol–water partition coefficient (Wildman–Crippen LogP) is 4.84. The first kappa shape index (κ1) is 16.2. The quantitative estimate of drug-likeness (QED) is 0.773. The van der Waals surface area contributed by atoms with Crippen LogP contribution < -0.4 is 5.32 Å². The molecule has 0 spiro atoms. The van der Waals surface area contributed by atoms with Crippen molar-refractivity contribution < 1.29 is 0 Å². The van der Waals surface area contributed by atoms with Crippen molar-refractivity contribution in [1.82, 2.24) is 5.32 Å². The molecule has 1 aliphatic rings. The maximum Gasteiger partial charge on any atom is 0.0441 e. The van der Waals surface area contributed by atoms with Crippen LogP contribution in [0.2, 0.25) is 5.02 Å². The van der Waals surface area contributed by atoms with Crippen LogP contribution in [0.5, 0.6) is 0 Å². The Balaban J connectivity index is 1.90. The molecule has 2 rings (SSSR count).